The third kappa shape index (κ3) is 4.27. The molecule has 4 heteroatoms. The van der Waals surface area contributed by atoms with Crippen molar-refractivity contribution in [1.29, 1.82) is 0 Å². The van der Waals surface area contributed by atoms with Crippen molar-refractivity contribution in [2.45, 2.75) is 32.2 Å². The van der Waals surface area contributed by atoms with E-state index in [1.807, 2.05) is 29.2 Å². The van der Waals surface area contributed by atoms with Gasteiger partial charge in [0.25, 0.3) is 5.91 Å². The molecule has 0 N–H and O–H groups in total. The van der Waals surface area contributed by atoms with Gasteiger partial charge < -0.3 is 4.90 Å². The molecule has 0 unspecified atom stereocenters. The van der Waals surface area contributed by atoms with Crippen LogP contribution in [0.5, 0.6) is 0 Å². The molecular formula is C23H27BrN2O. The average Bonchev–Trinajstić information content (AvgIpc) is 2.71. The molecule has 4 rings (SSSR count). The van der Waals surface area contributed by atoms with Crippen LogP contribution < -0.4 is 0 Å². The molecule has 2 fully saturated rings. The largest absolute Gasteiger partial charge is 0.339 e. The predicted molar refractivity (Wildman–Crippen MR) is 113 cm³/mol. The van der Waals surface area contributed by atoms with Gasteiger partial charge in [0, 0.05) is 24.1 Å². The fraction of sp³-hybridized carbons (Fsp3) is 0.435. The standard InChI is InChI=1S/C23H27BrN2O/c24-21-9-5-4-8-20(21)22(27)26-16-12-23(13-17-26)10-14-25(15-11-23)18-19-6-2-1-3-7-19/h1-9H,10-18H2. The molecule has 0 bridgehead atoms. The lowest BCUT2D eigenvalue weighted by Crippen LogP contribution is -2.48. The minimum absolute atomic E-state index is 0.166. The maximum Gasteiger partial charge on any atom is 0.254 e. The number of rotatable bonds is 3. The Balaban J connectivity index is 1.31. The van der Waals surface area contributed by atoms with Gasteiger partial charge in [-0.05, 0) is 77.8 Å². The maximum atomic E-state index is 12.8. The lowest BCUT2D eigenvalue weighted by atomic mass is 9.71. The van der Waals surface area contributed by atoms with Crippen LogP contribution >= 0.6 is 15.9 Å². The van der Waals surface area contributed by atoms with Crippen molar-refractivity contribution in [2.75, 3.05) is 26.2 Å². The number of nitrogens with zero attached hydrogens (tertiary/aromatic N) is 2. The number of amides is 1. The van der Waals surface area contributed by atoms with E-state index in [0.717, 1.165) is 42.5 Å². The van der Waals surface area contributed by atoms with Crippen molar-refractivity contribution in [3.05, 3.63) is 70.2 Å². The van der Waals surface area contributed by atoms with Gasteiger partial charge >= 0.3 is 0 Å². The van der Waals surface area contributed by atoms with E-state index in [0.29, 0.717) is 5.41 Å². The summed E-state index contributed by atoms with van der Waals surface area (Å²) in [6.45, 7) is 5.18. The Labute approximate surface area is 170 Å². The highest BCUT2D eigenvalue weighted by atomic mass is 79.9. The molecule has 2 aromatic carbocycles. The highest BCUT2D eigenvalue weighted by Crippen LogP contribution is 2.41. The first-order valence-electron chi connectivity index (χ1n) is 9.95. The van der Waals surface area contributed by atoms with Crippen molar-refractivity contribution in [3.8, 4) is 0 Å². The van der Waals surface area contributed by atoms with Crippen LogP contribution in [-0.4, -0.2) is 41.9 Å². The molecule has 3 nitrogen and oxygen atoms in total. The molecule has 2 aromatic rings. The SMILES string of the molecule is O=C(c1ccccc1Br)N1CCC2(CCN(Cc3ccccc3)CC2)CC1. The van der Waals surface area contributed by atoms with Crippen molar-refractivity contribution in [2.24, 2.45) is 5.41 Å². The van der Waals surface area contributed by atoms with E-state index in [2.05, 4.69) is 51.2 Å². The van der Waals surface area contributed by atoms with E-state index in [4.69, 9.17) is 0 Å². The van der Waals surface area contributed by atoms with Gasteiger partial charge in [-0.3, -0.25) is 9.69 Å². The van der Waals surface area contributed by atoms with Crippen LogP contribution in [0, 0.1) is 5.41 Å². The lowest BCUT2D eigenvalue weighted by Gasteiger charge is -2.47. The predicted octanol–water partition coefficient (Wildman–Crippen LogP) is 4.97. The average molecular weight is 427 g/mol. The molecule has 0 saturated carbocycles. The molecule has 0 atom stereocenters. The Morgan fingerprint density at radius 1 is 0.852 bits per heavy atom. The second-order valence-corrected chi connectivity index (χ2v) is 8.89. The number of carbonyl (C=O) groups excluding carboxylic acids is 1. The second kappa shape index (κ2) is 8.15. The number of likely N-dealkylation sites (tertiary alicyclic amines) is 2. The minimum Gasteiger partial charge on any atom is -0.339 e. The van der Waals surface area contributed by atoms with Gasteiger partial charge in [-0.1, -0.05) is 42.5 Å². The molecule has 0 aliphatic carbocycles. The molecular weight excluding hydrogens is 400 g/mol. The number of hydrogen-bond donors (Lipinski definition) is 0. The van der Waals surface area contributed by atoms with E-state index in [1.165, 1.54) is 31.5 Å². The zero-order chi connectivity index (χ0) is 18.7. The number of piperidine rings is 2. The summed E-state index contributed by atoms with van der Waals surface area (Å²) in [5.41, 5.74) is 2.63. The lowest BCUT2D eigenvalue weighted by molar-refractivity contribution is 0.0284. The van der Waals surface area contributed by atoms with Crippen molar-refractivity contribution in [3.63, 3.8) is 0 Å². The molecule has 2 aliphatic heterocycles. The molecule has 2 aliphatic rings. The fourth-order valence-corrected chi connectivity index (χ4v) is 4.97. The Hall–Kier alpha value is -1.65. The van der Waals surface area contributed by atoms with E-state index < -0.39 is 0 Å². The Kier molecular flexibility index (Phi) is 5.65. The van der Waals surface area contributed by atoms with Crippen LogP contribution in [0.3, 0.4) is 0 Å². The summed E-state index contributed by atoms with van der Waals surface area (Å²) in [6.07, 6.45) is 4.80. The maximum absolute atomic E-state index is 12.8. The van der Waals surface area contributed by atoms with E-state index >= 15 is 0 Å². The molecule has 0 aromatic heterocycles. The molecule has 27 heavy (non-hydrogen) atoms. The summed E-state index contributed by atoms with van der Waals surface area (Å²) in [5, 5.41) is 0. The van der Waals surface area contributed by atoms with Crippen LogP contribution in [-0.2, 0) is 6.54 Å². The quantitative estimate of drug-likeness (QED) is 0.691. The van der Waals surface area contributed by atoms with Gasteiger partial charge in [0.05, 0.1) is 5.56 Å². The number of benzene rings is 2. The fourth-order valence-electron chi connectivity index (χ4n) is 4.52. The van der Waals surface area contributed by atoms with Gasteiger partial charge in [0.1, 0.15) is 0 Å². The molecule has 1 amide bonds. The number of hydrogen-bond acceptors (Lipinski definition) is 2. The first-order valence-corrected chi connectivity index (χ1v) is 10.7. The van der Waals surface area contributed by atoms with Crippen LogP contribution in [0.2, 0.25) is 0 Å². The summed E-state index contributed by atoms with van der Waals surface area (Å²) in [5.74, 6) is 0.166. The van der Waals surface area contributed by atoms with Crippen molar-refractivity contribution >= 4 is 21.8 Å². The first-order chi connectivity index (χ1) is 13.2. The van der Waals surface area contributed by atoms with Gasteiger partial charge in [-0.2, -0.15) is 0 Å². The van der Waals surface area contributed by atoms with Gasteiger partial charge in [0.15, 0.2) is 0 Å². The summed E-state index contributed by atoms with van der Waals surface area (Å²) in [4.78, 5) is 17.5. The zero-order valence-electron chi connectivity index (χ0n) is 15.7. The monoisotopic (exact) mass is 426 g/mol. The minimum atomic E-state index is 0.166. The van der Waals surface area contributed by atoms with Gasteiger partial charge in [-0.15, -0.1) is 0 Å². The normalized spacial score (nSPS) is 20.0. The van der Waals surface area contributed by atoms with E-state index in [9.17, 15) is 4.79 Å². The zero-order valence-corrected chi connectivity index (χ0v) is 17.3. The van der Waals surface area contributed by atoms with Crippen LogP contribution in [0.25, 0.3) is 0 Å². The summed E-state index contributed by atoms with van der Waals surface area (Å²) < 4.78 is 0.893. The summed E-state index contributed by atoms with van der Waals surface area (Å²) >= 11 is 3.51. The Bertz CT molecular complexity index is 774. The van der Waals surface area contributed by atoms with Crippen molar-refractivity contribution in [1.82, 2.24) is 9.80 Å². The van der Waals surface area contributed by atoms with Gasteiger partial charge in [-0.25, -0.2) is 0 Å². The highest BCUT2D eigenvalue weighted by molar-refractivity contribution is 9.10. The smallest absolute Gasteiger partial charge is 0.254 e. The van der Waals surface area contributed by atoms with Crippen LogP contribution in [0.4, 0.5) is 0 Å². The Morgan fingerprint density at radius 3 is 2.11 bits per heavy atom. The van der Waals surface area contributed by atoms with E-state index in [1.54, 1.807) is 0 Å². The van der Waals surface area contributed by atoms with Crippen molar-refractivity contribution < 1.29 is 4.79 Å². The third-order valence-electron chi connectivity index (χ3n) is 6.38. The number of carbonyl (C=O) groups is 1. The van der Waals surface area contributed by atoms with E-state index in [-0.39, 0.29) is 5.91 Å². The highest BCUT2D eigenvalue weighted by Gasteiger charge is 2.38. The molecule has 142 valence electrons. The topological polar surface area (TPSA) is 23.6 Å². The van der Waals surface area contributed by atoms with Crippen LogP contribution in [0.1, 0.15) is 41.6 Å². The van der Waals surface area contributed by atoms with Crippen LogP contribution in [0.15, 0.2) is 59.1 Å². The molecule has 0 radical (unpaired) electrons. The summed E-state index contributed by atoms with van der Waals surface area (Å²) in [7, 11) is 0. The third-order valence-corrected chi connectivity index (χ3v) is 7.07. The Morgan fingerprint density at radius 2 is 1.44 bits per heavy atom. The van der Waals surface area contributed by atoms with Gasteiger partial charge in [0.2, 0.25) is 0 Å². The first kappa shape index (κ1) is 18.7. The number of halogens is 1. The second-order valence-electron chi connectivity index (χ2n) is 8.03. The summed E-state index contributed by atoms with van der Waals surface area (Å²) in [6, 6.07) is 18.5. The molecule has 1 spiro atoms. The molecule has 2 saturated heterocycles. The molecule has 2 heterocycles.